The van der Waals surface area contributed by atoms with Crippen LogP contribution in [-0.4, -0.2) is 22.2 Å². The predicted molar refractivity (Wildman–Crippen MR) is 71.6 cm³/mol. The van der Waals surface area contributed by atoms with Crippen LogP contribution < -0.4 is 10.3 Å². The molecule has 0 saturated carbocycles. The third-order valence-corrected chi connectivity index (χ3v) is 2.82. The number of carboxylic acid groups (broad SMARTS) is 1. The number of fused-ring (bicyclic) bond motifs is 1. The molecule has 2 rings (SSSR count). The topological polar surface area (TPSA) is 68.5 Å². The summed E-state index contributed by atoms with van der Waals surface area (Å²) >= 11 is 0. The number of aromatic nitrogens is 1. The standard InChI is InChI=1S/C14H15NO4/c1-2-19-11-5-3-4-10-6-7-12(16)15(14(10)11)9-8-13(17)18/h3-7H,2,8-9H2,1H3,(H,17,18). The molecule has 0 aliphatic carbocycles. The fraction of sp³-hybridized carbons (Fsp3) is 0.286. The Labute approximate surface area is 110 Å². The monoisotopic (exact) mass is 261 g/mol. The molecular formula is C14H15NO4. The van der Waals surface area contributed by atoms with Crippen molar-refractivity contribution in [2.45, 2.75) is 19.9 Å². The second-order valence-electron chi connectivity index (χ2n) is 4.09. The maximum atomic E-state index is 11.9. The van der Waals surface area contributed by atoms with E-state index in [9.17, 15) is 9.59 Å². The second-order valence-corrected chi connectivity index (χ2v) is 4.09. The van der Waals surface area contributed by atoms with E-state index >= 15 is 0 Å². The Kier molecular flexibility index (Phi) is 3.85. The van der Waals surface area contributed by atoms with Crippen LogP contribution >= 0.6 is 0 Å². The van der Waals surface area contributed by atoms with Gasteiger partial charge in [-0.15, -0.1) is 0 Å². The van der Waals surface area contributed by atoms with E-state index in [4.69, 9.17) is 9.84 Å². The third-order valence-electron chi connectivity index (χ3n) is 2.82. The van der Waals surface area contributed by atoms with Gasteiger partial charge in [0.05, 0.1) is 18.5 Å². The molecule has 0 aliphatic heterocycles. The second kappa shape index (κ2) is 5.56. The molecule has 5 heteroatoms. The van der Waals surface area contributed by atoms with Gasteiger partial charge in [-0.3, -0.25) is 9.59 Å². The van der Waals surface area contributed by atoms with Crippen molar-refractivity contribution in [1.82, 2.24) is 4.57 Å². The number of nitrogens with zero attached hydrogens (tertiary/aromatic N) is 1. The zero-order valence-electron chi connectivity index (χ0n) is 10.6. The summed E-state index contributed by atoms with van der Waals surface area (Å²) in [5.41, 5.74) is 0.430. The van der Waals surface area contributed by atoms with Crippen molar-refractivity contribution in [3.8, 4) is 5.75 Å². The van der Waals surface area contributed by atoms with E-state index in [1.165, 1.54) is 10.6 Å². The molecule has 0 atom stereocenters. The molecule has 0 saturated heterocycles. The number of aliphatic carboxylic acids is 1. The zero-order valence-corrected chi connectivity index (χ0v) is 10.6. The van der Waals surface area contributed by atoms with E-state index < -0.39 is 5.97 Å². The van der Waals surface area contributed by atoms with Crippen LogP contribution in [0, 0.1) is 0 Å². The molecule has 1 aromatic carbocycles. The summed E-state index contributed by atoms with van der Waals surface area (Å²) in [7, 11) is 0. The Morgan fingerprint density at radius 3 is 2.79 bits per heavy atom. The number of hydrogen-bond acceptors (Lipinski definition) is 3. The van der Waals surface area contributed by atoms with E-state index in [1.54, 1.807) is 12.1 Å². The SMILES string of the molecule is CCOc1cccc2ccc(=O)n(CCC(=O)O)c12. The molecule has 19 heavy (non-hydrogen) atoms. The molecule has 0 aliphatic rings. The van der Waals surface area contributed by atoms with Crippen molar-refractivity contribution in [3.05, 3.63) is 40.7 Å². The van der Waals surface area contributed by atoms with Crippen molar-refractivity contribution < 1.29 is 14.6 Å². The predicted octanol–water partition coefficient (Wildman–Crippen LogP) is 1.87. The maximum absolute atomic E-state index is 11.9. The number of para-hydroxylation sites is 1. The number of carbonyl (C=O) groups is 1. The third kappa shape index (κ3) is 2.76. The molecule has 2 aromatic rings. The first-order chi connectivity index (χ1) is 9.13. The first-order valence-corrected chi connectivity index (χ1v) is 6.10. The Balaban J connectivity index is 2.61. The highest BCUT2D eigenvalue weighted by Gasteiger charge is 2.09. The minimum atomic E-state index is -0.933. The first-order valence-electron chi connectivity index (χ1n) is 6.10. The van der Waals surface area contributed by atoms with Gasteiger partial charge in [0.15, 0.2) is 0 Å². The molecule has 0 bridgehead atoms. The summed E-state index contributed by atoms with van der Waals surface area (Å²) in [6.07, 6.45) is -0.0977. The van der Waals surface area contributed by atoms with Crippen molar-refractivity contribution in [2.75, 3.05) is 6.61 Å². The van der Waals surface area contributed by atoms with Gasteiger partial charge in [0.1, 0.15) is 5.75 Å². The first kappa shape index (κ1) is 13.1. The summed E-state index contributed by atoms with van der Waals surface area (Å²) in [6, 6.07) is 8.66. The lowest BCUT2D eigenvalue weighted by atomic mass is 10.2. The minimum Gasteiger partial charge on any atom is -0.492 e. The van der Waals surface area contributed by atoms with Gasteiger partial charge in [0.25, 0.3) is 5.56 Å². The van der Waals surface area contributed by atoms with E-state index in [2.05, 4.69) is 0 Å². The lowest BCUT2D eigenvalue weighted by Crippen LogP contribution is -2.21. The maximum Gasteiger partial charge on any atom is 0.305 e. The van der Waals surface area contributed by atoms with Gasteiger partial charge in [-0.05, 0) is 19.1 Å². The number of pyridine rings is 1. The van der Waals surface area contributed by atoms with Crippen LogP contribution in [0.1, 0.15) is 13.3 Å². The molecule has 0 radical (unpaired) electrons. The zero-order chi connectivity index (χ0) is 13.8. The minimum absolute atomic E-state index is 0.0977. The highest BCUT2D eigenvalue weighted by molar-refractivity contribution is 5.85. The Morgan fingerprint density at radius 1 is 1.32 bits per heavy atom. The lowest BCUT2D eigenvalue weighted by Gasteiger charge is -2.13. The highest BCUT2D eigenvalue weighted by atomic mass is 16.5. The number of carboxylic acids is 1. The number of rotatable bonds is 5. The van der Waals surface area contributed by atoms with Gasteiger partial charge < -0.3 is 14.4 Å². The van der Waals surface area contributed by atoms with Gasteiger partial charge in [0.2, 0.25) is 0 Å². The number of aryl methyl sites for hydroxylation is 1. The average Bonchev–Trinajstić information content (AvgIpc) is 2.38. The van der Waals surface area contributed by atoms with E-state index in [0.29, 0.717) is 17.9 Å². The molecule has 0 spiro atoms. The van der Waals surface area contributed by atoms with Gasteiger partial charge >= 0.3 is 5.97 Å². The van der Waals surface area contributed by atoms with Crippen molar-refractivity contribution in [1.29, 1.82) is 0 Å². The molecule has 1 N–H and O–H groups in total. The fourth-order valence-corrected chi connectivity index (χ4v) is 2.03. The quantitative estimate of drug-likeness (QED) is 0.892. The van der Waals surface area contributed by atoms with Gasteiger partial charge in [-0.2, -0.15) is 0 Å². The number of ether oxygens (including phenoxy) is 1. The normalized spacial score (nSPS) is 10.6. The van der Waals surface area contributed by atoms with Gasteiger partial charge in [-0.25, -0.2) is 0 Å². The van der Waals surface area contributed by atoms with Crippen LogP contribution in [0.25, 0.3) is 10.9 Å². The number of benzene rings is 1. The molecule has 5 nitrogen and oxygen atoms in total. The Morgan fingerprint density at radius 2 is 2.11 bits per heavy atom. The Bertz CT molecular complexity index is 660. The van der Waals surface area contributed by atoms with Crippen LogP contribution in [0.4, 0.5) is 0 Å². The molecule has 0 fully saturated rings. The molecule has 1 aromatic heterocycles. The smallest absolute Gasteiger partial charge is 0.305 e. The Hall–Kier alpha value is -2.30. The van der Waals surface area contributed by atoms with Crippen molar-refractivity contribution in [2.24, 2.45) is 0 Å². The van der Waals surface area contributed by atoms with Crippen LogP contribution in [0.15, 0.2) is 35.1 Å². The van der Waals surface area contributed by atoms with Crippen LogP contribution in [0.5, 0.6) is 5.75 Å². The summed E-state index contributed by atoms with van der Waals surface area (Å²) in [4.78, 5) is 22.6. The lowest BCUT2D eigenvalue weighted by molar-refractivity contribution is -0.137. The van der Waals surface area contributed by atoms with Gasteiger partial charge in [0, 0.05) is 18.0 Å². The molecule has 0 unspecified atom stereocenters. The largest absolute Gasteiger partial charge is 0.492 e. The van der Waals surface area contributed by atoms with Crippen LogP contribution in [0.2, 0.25) is 0 Å². The summed E-state index contributed by atoms with van der Waals surface area (Å²) in [5.74, 6) is -0.333. The summed E-state index contributed by atoms with van der Waals surface area (Å²) in [5, 5.41) is 9.62. The van der Waals surface area contributed by atoms with Gasteiger partial charge in [-0.1, -0.05) is 12.1 Å². The van der Waals surface area contributed by atoms with Crippen molar-refractivity contribution in [3.63, 3.8) is 0 Å². The molecule has 1 heterocycles. The van der Waals surface area contributed by atoms with E-state index in [1.807, 2.05) is 19.1 Å². The number of hydrogen-bond donors (Lipinski definition) is 1. The van der Waals surface area contributed by atoms with E-state index in [-0.39, 0.29) is 18.5 Å². The molecule has 0 amide bonds. The molecule has 100 valence electrons. The summed E-state index contributed by atoms with van der Waals surface area (Å²) < 4.78 is 6.97. The van der Waals surface area contributed by atoms with Crippen molar-refractivity contribution >= 4 is 16.9 Å². The van der Waals surface area contributed by atoms with Crippen LogP contribution in [-0.2, 0) is 11.3 Å². The molecular weight excluding hydrogens is 246 g/mol. The summed E-state index contributed by atoms with van der Waals surface area (Å²) in [6.45, 7) is 2.48. The highest BCUT2D eigenvalue weighted by Crippen LogP contribution is 2.24. The average molecular weight is 261 g/mol. The van der Waals surface area contributed by atoms with Crippen LogP contribution in [0.3, 0.4) is 0 Å². The fourth-order valence-electron chi connectivity index (χ4n) is 2.03. The van der Waals surface area contributed by atoms with E-state index in [0.717, 1.165) is 5.39 Å².